The summed E-state index contributed by atoms with van der Waals surface area (Å²) in [6.45, 7) is 1.91. The standard InChI is InChI=1S/C13H14N4O2/c1-2-3-7-4-5-8-9(6-7)16-12(17-13(15)19)10(8)11(14)18/h2-6,16H,1H3,(H2,14,18)(H3,15,17,19)/b3-2-. The van der Waals surface area contributed by atoms with Crippen LogP contribution in [0.1, 0.15) is 22.8 Å². The van der Waals surface area contributed by atoms with Crippen LogP contribution < -0.4 is 16.8 Å². The van der Waals surface area contributed by atoms with Crippen molar-refractivity contribution >= 4 is 34.7 Å². The number of aromatic amines is 1. The van der Waals surface area contributed by atoms with Crippen molar-refractivity contribution in [3.05, 3.63) is 35.4 Å². The zero-order valence-corrected chi connectivity index (χ0v) is 10.4. The molecule has 6 heteroatoms. The van der Waals surface area contributed by atoms with Gasteiger partial charge in [-0.2, -0.15) is 0 Å². The Bertz CT molecular complexity index is 685. The highest BCUT2D eigenvalue weighted by atomic mass is 16.2. The fraction of sp³-hybridized carbons (Fsp3) is 0.0769. The van der Waals surface area contributed by atoms with Crippen molar-refractivity contribution in [2.75, 3.05) is 5.32 Å². The minimum absolute atomic E-state index is 0.215. The highest BCUT2D eigenvalue weighted by Crippen LogP contribution is 2.27. The lowest BCUT2D eigenvalue weighted by molar-refractivity contribution is 0.100. The topological polar surface area (TPSA) is 114 Å². The molecule has 3 amide bonds. The Labute approximate surface area is 109 Å². The number of carbonyl (C=O) groups is 2. The van der Waals surface area contributed by atoms with E-state index in [4.69, 9.17) is 11.5 Å². The van der Waals surface area contributed by atoms with Gasteiger partial charge in [-0.25, -0.2) is 4.79 Å². The van der Waals surface area contributed by atoms with Crippen LogP contribution in [-0.2, 0) is 0 Å². The number of hydrogen-bond donors (Lipinski definition) is 4. The Morgan fingerprint density at radius 3 is 2.63 bits per heavy atom. The number of hydrogen-bond acceptors (Lipinski definition) is 2. The third kappa shape index (κ3) is 2.42. The monoisotopic (exact) mass is 258 g/mol. The summed E-state index contributed by atoms with van der Waals surface area (Å²) in [4.78, 5) is 25.3. The first kappa shape index (κ1) is 12.7. The average molecular weight is 258 g/mol. The summed E-state index contributed by atoms with van der Waals surface area (Å²) in [5.74, 6) is -0.415. The predicted octanol–water partition coefficient (Wildman–Crippen LogP) is 1.79. The minimum Gasteiger partial charge on any atom is -0.365 e. The Balaban J connectivity index is 2.65. The van der Waals surface area contributed by atoms with E-state index in [2.05, 4.69) is 10.3 Å². The number of rotatable bonds is 3. The van der Waals surface area contributed by atoms with Crippen molar-refractivity contribution < 1.29 is 9.59 Å². The first-order valence-corrected chi connectivity index (χ1v) is 5.67. The van der Waals surface area contributed by atoms with Crippen LogP contribution in [0, 0.1) is 0 Å². The minimum atomic E-state index is -0.761. The Kier molecular flexibility index (Phi) is 3.24. The summed E-state index contributed by atoms with van der Waals surface area (Å²) in [5, 5.41) is 3.00. The Morgan fingerprint density at radius 2 is 2.05 bits per heavy atom. The molecule has 1 heterocycles. The molecule has 19 heavy (non-hydrogen) atoms. The maximum atomic E-state index is 11.5. The van der Waals surface area contributed by atoms with Crippen molar-refractivity contribution in [2.24, 2.45) is 11.5 Å². The number of nitrogens with one attached hydrogen (secondary N) is 2. The van der Waals surface area contributed by atoms with Crippen LogP contribution in [0.4, 0.5) is 10.6 Å². The zero-order valence-electron chi connectivity index (χ0n) is 10.4. The molecule has 2 rings (SSSR count). The molecule has 6 N–H and O–H groups in total. The van der Waals surface area contributed by atoms with Gasteiger partial charge in [0.1, 0.15) is 5.82 Å². The summed E-state index contributed by atoms with van der Waals surface area (Å²) in [5.41, 5.74) is 12.3. The fourth-order valence-corrected chi connectivity index (χ4v) is 1.98. The van der Waals surface area contributed by atoms with Gasteiger partial charge in [0, 0.05) is 10.9 Å². The average Bonchev–Trinajstić information content (AvgIpc) is 2.65. The van der Waals surface area contributed by atoms with E-state index in [9.17, 15) is 9.59 Å². The Morgan fingerprint density at radius 1 is 1.32 bits per heavy atom. The molecule has 6 nitrogen and oxygen atoms in total. The molecule has 0 aliphatic rings. The van der Waals surface area contributed by atoms with Crippen LogP contribution in [-0.4, -0.2) is 16.9 Å². The lowest BCUT2D eigenvalue weighted by atomic mass is 10.1. The fourth-order valence-electron chi connectivity index (χ4n) is 1.98. The molecule has 0 bridgehead atoms. The first-order chi connectivity index (χ1) is 9.02. The van der Waals surface area contributed by atoms with Gasteiger partial charge in [0.05, 0.1) is 5.56 Å². The number of urea groups is 1. The molecule has 1 aromatic heterocycles. The number of primary amides is 2. The highest BCUT2D eigenvalue weighted by molar-refractivity contribution is 6.13. The van der Waals surface area contributed by atoms with Gasteiger partial charge in [-0.15, -0.1) is 0 Å². The molecular formula is C13H14N4O2. The van der Waals surface area contributed by atoms with Crippen LogP contribution in [0.5, 0.6) is 0 Å². The molecule has 1 aromatic carbocycles. The van der Waals surface area contributed by atoms with Crippen molar-refractivity contribution in [3.8, 4) is 0 Å². The predicted molar refractivity (Wildman–Crippen MR) is 74.7 cm³/mol. The van der Waals surface area contributed by atoms with Gasteiger partial charge in [0.25, 0.3) is 5.91 Å². The van der Waals surface area contributed by atoms with Gasteiger partial charge in [-0.1, -0.05) is 24.3 Å². The lowest BCUT2D eigenvalue weighted by Crippen LogP contribution is -2.22. The molecule has 98 valence electrons. The van der Waals surface area contributed by atoms with E-state index in [1.165, 1.54) is 0 Å². The zero-order chi connectivity index (χ0) is 14.0. The second-order valence-corrected chi connectivity index (χ2v) is 4.03. The number of H-pyrrole nitrogens is 1. The molecule has 0 radical (unpaired) electrons. The summed E-state index contributed by atoms with van der Waals surface area (Å²) in [6.07, 6.45) is 3.83. The second kappa shape index (κ2) is 4.85. The van der Waals surface area contributed by atoms with Crippen molar-refractivity contribution in [3.63, 3.8) is 0 Å². The number of amides is 3. The van der Waals surface area contributed by atoms with E-state index in [1.807, 2.05) is 31.2 Å². The summed E-state index contributed by atoms with van der Waals surface area (Å²) in [6, 6.07) is 4.72. The van der Waals surface area contributed by atoms with E-state index in [1.54, 1.807) is 6.07 Å². The number of allylic oxidation sites excluding steroid dienone is 1. The van der Waals surface area contributed by atoms with E-state index in [0.29, 0.717) is 10.9 Å². The second-order valence-electron chi connectivity index (χ2n) is 4.03. The normalized spacial score (nSPS) is 11.0. The molecule has 0 atom stereocenters. The number of anilines is 1. The smallest absolute Gasteiger partial charge is 0.317 e. The number of nitrogens with two attached hydrogens (primary N) is 2. The van der Waals surface area contributed by atoms with E-state index in [0.717, 1.165) is 5.56 Å². The highest BCUT2D eigenvalue weighted by Gasteiger charge is 2.17. The maximum Gasteiger partial charge on any atom is 0.317 e. The molecule has 0 unspecified atom stereocenters. The molecule has 0 aliphatic carbocycles. The van der Waals surface area contributed by atoms with Crippen LogP contribution in [0.3, 0.4) is 0 Å². The number of aromatic nitrogens is 1. The quantitative estimate of drug-likeness (QED) is 0.672. The van der Waals surface area contributed by atoms with Gasteiger partial charge in [0.15, 0.2) is 0 Å². The van der Waals surface area contributed by atoms with Crippen LogP contribution in [0.25, 0.3) is 17.0 Å². The van der Waals surface area contributed by atoms with Crippen LogP contribution in [0.2, 0.25) is 0 Å². The largest absolute Gasteiger partial charge is 0.365 e. The SMILES string of the molecule is C/C=C\c1ccc2c(C(N)=O)c(NC(N)=O)[nH]c2c1. The lowest BCUT2D eigenvalue weighted by Gasteiger charge is -2.00. The Hall–Kier alpha value is -2.76. The van der Waals surface area contributed by atoms with E-state index < -0.39 is 11.9 Å². The summed E-state index contributed by atoms with van der Waals surface area (Å²) < 4.78 is 0. The van der Waals surface area contributed by atoms with Gasteiger partial charge in [0.2, 0.25) is 0 Å². The molecular weight excluding hydrogens is 244 g/mol. The molecule has 0 fully saturated rings. The van der Waals surface area contributed by atoms with Crippen LogP contribution >= 0.6 is 0 Å². The molecule has 0 spiro atoms. The van der Waals surface area contributed by atoms with Crippen LogP contribution in [0.15, 0.2) is 24.3 Å². The first-order valence-electron chi connectivity index (χ1n) is 5.67. The number of benzene rings is 1. The molecule has 0 saturated heterocycles. The summed E-state index contributed by atoms with van der Waals surface area (Å²) >= 11 is 0. The summed E-state index contributed by atoms with van der Waals surface area (Å²) in [7, 11) is 0. The maximum absolute atomic E-state index is 11.5. The number of fused-ring (bicyclic) bond motifs is 1. The third-order valence-electron chi connectivity index (χ3n) is 2.68. The molecule has 2 aromatic rings. The van der Waals surface area contributed by atoms with E-state index in [-0.39, 0.29) is 11.4 Å². The van der Waals surface area contributed by atoms with Gasteiger partial charge < -0.3 is 16.5 Å². The van der Waals surface area contributed by atoms with Crippen molar-refractivity contribution in [1.82, 2.24) is 4.98 Å². The van der Waals surface area contributed by atoms with Crippen molar-refractivity contribution in [1.29, 1.82) is 0 Å². The van der Waals surface area contributed by atoms with Gasteiger partial charge in [-0.05, 0) is 18.6 Å². The van der Waals surface area contributed by atoms with E-state index >= 15 is 0 Å². The third-order valence-corrected chi connectivity index (χ3v) is 2.68. The number of carbonyl (C=O) groups excluding carboxylic acids is 2. The van der Waals surface area contributed by atoms with Gasteiger partial charge in [-0.3, -0.25) is 10.1 Å². The molecule has 0 saturated carbocycles. The van der Waals surface area contributed by atoms with Crippen molar-refractivity contribution in [2.45, 2.75) is 6.92 Å². The molecule has 0 aliphatic heterocycles. The van der Waals surface area contributed by atoms with Gasteiger partial charge >= 0.3 is 6.03 Å².